The van der Waals surface area contributed by atoms with E-state index in [0.717, 1.165) is 11.1 Å². The Hall–Kier alpha value is -3.45. The zero-order valence-electron chi connectivity index (χ0n) is 14.9. The first kappa shape index (κ1) is 17.9. The predicted molar refractivity (Wildman–Crippen MR) is 104 cm³/mol. The van der Waals surface area contributed by atoms with Crippen LogP contribution in [0.15, 0.2) is 65.2 Å². The molecule has 7 nitrogen and oxygen atoms in total. The molecule has 2 N–H and O–H groups in total. The van der Waals surface area contributed by atoms with Gasteiger partial charge in [-0.05, 0) is 24.6 Å². The van der Waals surface area contributed by atoms with Crippen LogP contribution in [0.3, 0.4) is 0 Å². The van der Waals surface area contributed by atoms with E-state index in [-0.39, 0.29) is 5.69 Å². The van der Waals surface area contributed by atoms with Gasteiger partial charge in [0.2, 0.25) is 0 Å². The third-order valence-corrected chi connectivity index (χ3v) is 4.37. The fraction of sp³-hybridized carbons (Fsp3) is 0.100. The number of carbonyl (C=O) groups excluding carboxylic acids is 1. The number of hydrogen-bond donors (Lipinski definition) is 2. The first-order valence-electron chi connectivity index (χ1n) is 8.57. The molecule has 0 radical (unpaired) electrons. The Morgan fingerprint density at radius 2 is 1.96 bits per heavy atom. The van der Waals surface area contributed by atoms with E-state index >= 15 is 0 Å². The zero-order valence-corrected chi connectivity index (χ0v) is 15.6. The number of rotatable bonds is 5. The molecule has 0 saturated carbocycles. The predicted octanol–water partition coefficient (Wildman–Crippen LogP) is 3.94. The van der Waals surface area contributed by atoms with E-state index in [9.17, 15) is 4.79 Å². The van der Waals surface area contributed by atoms with Crippen molar-refractivity contribution in [3.8, 4) is 11.3 Å². The molecule has 1 amide bonds. The molecular weight excluding hydrogens is 378 g/mol. The molecule has 0 aliphatic heterocycles. The van der Waals surface area contributed by atoms with E-state index in [4.69, 9.17) is 16.1 Å². The van der Waals surface area contributed by atoms with Crippen LogP contribution in [0.5, 0.6) is 0 Å². The van der Waals surface area contributed by atoms with Gasteiger partial charge in [0.1, 0.15) is 11.9 Å². The molecule has 2 aromatic heterocycles. The molecule has 28 heavy (non-hydrogen) atoms. The molecule has 4 aromatic rings. The number of hydrogen-bond acceptors (Lipinski definition) is 5. The van der Waals surface area contributed by atoms with Crippen molar-refractivity contribution in [3.63, 3.8) is 0 Å². The van der Waals surface area contributed by atoms with Gasteiger partial charge in [-0.3, -0.25) is 9.89 Å². The van der Waals surface area contributed by atoms with E-state index < -0.39 is 11.9 Å². The molecule has 2 heterocycles. The second kappa shape index (κ2) is 7.66. The summed E-state index contributed by atoms with van der Waals surface area (Å²) in [4.78, 5) is 17.2. The van der Waals surface area contributed by atoms with Gasteiger partial charge in [0.15, 0.2) is 17.3 Å². The standard InChI is InChI=1S/C20H16ClN5O2/c1-12-22-19(25-24-12)18(13-6-3-2-4-7-13)23-20(27)16-11-17(28-26-16)14-8-5-9-15(21)10-14/h2-11,18H,1H3,(H,23,27)(H,22,24,25)/t18-/m0/s1. The summed E-state index contributed by atoms with van der Waals surface area (Å²) in [6.45, 7) is 1.80. The average Bonchev–Trinajstić information content (AvgIpc) is 3.36. The van der Waals surface area contributed by atoms with Gasteiger partial charge in [-0.2, -0.15) is 5.10 Å². The summed E-state index contributed by atoms with van der Waals surface area (Å²) in [6.07, 6.45) is 0. The monoisotopic (exact) mass is 393 g/mol. The fourth-order valence-electron chi connectivity index (χ4n) is 2.80. The largest absolute Gasteiger partial charge is 0.355 e. The highest BCUT2D eigenvalue weighted by Gasteiger charge is 2.23. The second-order valence-corrected chi connectivity index (χ2v) is 6.62. The minimum atomic E-state index is -0.523. The van der Waals surface area contributed by atoms with Crippen molar-refractivity contribution >= 4 is 17.5 Å². The maximum Gasteiger partial charge on any atom is 0.274 e. The highest BCUT2D eigenvalue weighted by atomic mass is 35.5. The molecule has 0 bridgehead atoms. The van der Waals surface area contributed by atoms with Crippen molar-refractivity contribution in [2.45, 2.75) is 13.0 Å². The van der Waals surface area contributed by atoms with E-state index in [1.807, 2.05) is 36.4 Å². The topological polar surface area (TPSA) is 96.7 Å². The summed E-state index contributed by atoms with van der Waals surface area (Å²) in [5.41, 5.74) is 1.75. The summed E-state index contributed by atoms with van der Waals surface area (Å²) in [6, 6.07) is 17.7. The van der Waals surface area contributed by atoms with Gasteiger partial charge >= 0.3 is 0 Å². The van der Waals surface area contributed by atoms with Gasteiger partial charge in [0.05, 0.1) is 0 Å². The number of aryl methyl sites for hydroxylation is 1. The van der Waals surface area contributed by atoms with Crippen LogP contribution in [0, 0.1) is 6.92 Å². The fourth-order valence-corrected chi connectivity index (χ4v) is 2.99. The van der Waals surface area contributed by atoms with Crippen molar-refractivity contribution in [1.82, 2.24) is 25.7 Å². The molecule has 0 fully saturated rings. The number of halogens is 1. The Bertz CT molecular complexity index is 1110. The average molecular weight is 394 g/mol. The van der Waals surface area contributed by atoms with Gasteiger partial charge in [0, 0.05) is 16.7 Å². The Kier molecular flexibility index (Phi) is 4.90. The molecule has 0 aliphatic rings. The summed E-state index contributed by atoms with van der Waals surface area (Å²) in [5.74, 6) is 1.19. The van der Waals surface area contributed by atoms with Gasteiger partial charge in [0.25, 0.3) is 5.91 Å². The third kappa shape index (κ3) is 3.79. The number of amides is 1. The van der Waals surface area contributed by atoms with Crippen molar-refractivity contribution < 1.29 is 9.32 Å². The minimum absolute atomic E-state index is 0.156. The molecule has 0 spiro atoms. The third-order valence-electron chi connectivity index (χ3n) is 4.13. The molecule has 0 unspecified atom stereocenters. The first-order valence-corrected chi connectivity index (χ1v) is 8.95. The van der Waals surface area contributed by atoms with Crippen molar-refractivity contribution in [2.75, 3.05) is 0 Å². The van der Waals surface area contributed by atoms with Crippen LogP contribution in [0.4, 0.5) is 0 Å². The smallest absolute Gasteiger partial charge is 0.274 e. The molecule has 140 valence electrons. The number of aromatic amines is 1. The van der Waals surface area contributed by atoms with Crippen LogP contribution in [-0.4, -0.2) is 26.2 Å². The normalized spacial score (nSPS) is 11.9. The molecule has 2 aromatic carbocycles. The SMILES string of the molecule is Cc1nc([C@@H](NC(=O)c2cc(-c3cccc(Cl)c3)on2)c2ccccc2)n[nH]1. The summed E-state index contributed by atoms with van der Waals surface area (Å²) in [7, 11) is 0. The maximum atomic E-state index is 12.8. The molecule has 4 rings (SSSR count). The van der Waals surface area contributed by atoms with Crippen LogP contribution in [0.25, 0.3) is 11.3 Å². The Morgan fingerprint density at radius 3 is 2.68 bits per heavy atom. The van der Waals surface area contributed by atoms with E-state index in [2.05, 4.69) is 25.7 Å². The number of carbonyl (C=O) groups is 1. The van der Waals surface area contributed by atoms with Gasteiger partial charge in [-0.1, -0.05) is 59.2 Å². The van der Waals surface area contributed by atoms with Crippen LogP contribution in [-0.2, 0) is 0 Å². The number of nitrogens with zero attached hydrogens (tertiary/aromatic N) is 3. The van der Waals surface area contributed by atoms with Crippen LogP contribution in [0.2, 0.25) is 5.02 Å². The molecule has 0 saturated heterocycles. The molecule has 1 atom stereocenters. The maximum absolute atomic E-state index is 12.8. The summed E-state index contributed by atoms with van der Waals surface area (Å²) >= 11 is 6.01. The van der Waals surface area contributed by atoms with E-state index in [0.29, 0.717) is 22.4 Å². The van der Waals surface area contributed by atoms with Crippen LogP contribution < -0.4 is 5.32 Å². The lowest BCUT2D eigenvalue weighted by Gasteiger charge is -2.15. The van der Waals surface area contributed by atoms with Crippen molar-refractivity contribution in [1.29, 1.82) is 0 Å². The quantitative estimate of drug-likeness (QED) is 0.535. The van der Waals surface area contributed by atoms with Crippen molar-refractivity contribution in [2.24, 2.45) is 0 Å². The lowest BCUT2D eigenvalue weighted by Crippen LogP contribution is -2.30. The lowest BCUT2D eigenvalue weighted by atomic mass is 10.1. The number of nitrogens with one attached hydrogen (secondary N) is 2. The highest BCUT2D eigenvalue weighted by molar-refractivity contribution is 6.30. The first-order chi connectivity index (χ1) is 13.6. The van der Waals surface area contributed by atoms with E-state index in [1.54, 1.807) is 31.2 Å². The Morgan fingerprint density at radius 1 is 1.14 bits per heavy atom. The highest BCUT2D eigenvalue weighted by Crippen LogP contribution is 2.24. The van der Waals surface area contributed by atoms with Crippen LogP contribution >= 0.6 is 11.6 Å². The number of H-pyrrole nitrogens is 1. The zero-order chi connectivity index (χ0) is 19.5. The second-order valence-electron chi connectivity index (χ2n) is 6.18. The van der Waals surface area contributed by atoms with Gasteiger partial charge in [-0.15, -0.1) is 0 Å². The van der Waals surface area contributed by atoms with Crippen molar-refractivity contribution in [3.05, 3.63) is 88.6 Å². The van der Waals surface area contributed by atoms with Crippen LogP contribution in [0.1, 0.15) is 33.7 Å². The Labute approximate surface area is 165 Å². The Balaban J connectivity index is 1.60. The van der Waals surface area contributed by atoms with Gasteiger partial charge in [-0.25, -0.2) is 4.98 Å². The minimum Gasteiger partial charge on any atom is -0.355 e. The summed E-state index contributed by atoms with van der Waals surface area (Å²) in [5, 5.41) is 14.4. The van der Waals surface area contributed by atoms with E-state index in [1.165, 1.54) is 0 Å². The number of aromatic nitrogens is 4. The summed E-state index contributed by atoms with van der Waals surface area (Å²) < 4.78 is 5.32. The van der Waals surface area contributed by atoms with Gasteiger partial charge < -0.3 is 9.84 Å². The molecule has 0 aliphatic carbocycles. The number of benzene rings is 2. The molecule has 8 heteroatoms. The lowest BCUT2D eigenvalue weighted by molar-refractivity contribution is 0.0932. The molecular formula is C20H16ClN5O2.